The van der Waals surface area contributed by atoms with E-state index in [1.807, 2.05) is 0 Å². The molecule has 0 aromatic heterocycles. The van der Waals surface area contributed by atoms with Crippen LogP contribution in [0.15, 0.2) is 60.7 Å². The Morgan fingerprint density at radius 3 is 1.38 bits per heavy atom. The van der Waals surface area contributed by atoms with E-state index in [1.165, 1.54) is 12.8 Å². The van der Waals surface area contributed by atoms with Crippen LogP contribution in [0, 0.1) is 17.3 Å². The first kappa shape index (κ1) is 12.0. The van der Waals surface area contributed by atoms with Crippen LogP contribution in [0.4, 0.5) is 0 Å². The fraction of sp³-hybridized carbons (Fsp3) is 0.429. The van der Waals surface area contributed by atoms with Gasteiger partial charge >= 0.3 is 0 Å². The molecule has 4 atom stereocenters. The first-order valence-corrected chi connectivity index (χ1v) is 8.30. The summed E-state index contributed by atoms with van der Waals surface area (Å²) in [6, 6.07) is 22.7. The summed E-state index contributed by atoms with van der Waals surface area (Å²) < 4.78 is 0. The van der Waals surface area contributed by atoms with Crippen molar-refractivity contribution >= 4 is 0 Å². The standard InChI is InChI=1S/C21H22/c1-19(2)20(15-9-5-3-6-10-15)17-13-14-18(17)21(19,20)16-11-7-4-8-12-16/h3-12,17-18H,13-14H2,1-2H3/t17-,18+,20+,21-. The van der Waals surface area contributed by atoms with Gasteiger partial charge in [0, 0.05) is 10.8 Å². The van der Waals surface area contributed by atoms with E-state index >= 15 is 0 Å². The molecule has 3 saturated carbocycles. The Bertz CT molecular complexity index is 638. The molecule has 0 aliphatic heterocycles. The van der Waals surface area contributed by atoms with E-state index in [2.05, 4.69) is 74.5 Å². The molecule has 0 amide bonds. The second-order valence-electron chi connectivity index (χ2n) is 7.76. The third-order valence-electron chi connectivity index (χ3n) is 7.38. The normalized spacial score (nSPS) is 41.2. The van der Waals surface area contributed by atoms with Crippen LogP contribution >= 0.6 is 0 Å². The summed E-state index contributed by atoms with van der Waals surface area (Å²) in [6.07, 6.45) is 2.86. The van der Waals surface area contributed by atoms with Gasteiger partial charge in [-0.1, -0.05) is 74.5 Å². The van der Waals surface area contributed by atoms with Gasteiger partial charge in [0.05, 0.1) is 0 Å². The molecule has 3 fully saturated rings. The van der Waals surface area contributed by atoms with E-state index < -0.39 is 0 Å². The molecule has 0 bridgehead atoms. The van der Waals surface area contributed by atoms with E-state index in [0.717, 1.165) is 11.8 Å². The lowest BCUT2D eigenvalue weighted by molar-refractivity contribution is -0.0131. The van der Waals surface area contributed by atoms with Gasteiger partial charge in [0.15, 0.2) is 0 Å². The van der Waals surface area contributed by atoms with Gasteiger partial charge in [0.2, 0.25) is 0 Å². The van der Waals surface area contributed by atoms with Gasteiger partial charge in [-0.15, -0.1) is 0 Å². The molecular weight excluding hydrogens is 252 g/mol. The first-order chi connectivity index (χ1) is 10.2. The van der Waals surface area contributed by atoms with Crippen LogP contribution in [0.5, 0.6) is 0 Å². The molecule has 3 aliphatic carbocycles. The number of rotatable bonds is 2. The summed E-state index contributed by atoms with van der Waals surface area (Å²) in [5.41, 5.74) is 4.34. The summed E-state index contributed by atoms with van der Waals surface area (Å²) >= 11 is 0. The second kappa shape index (κ2) is 3.43. The average Bonchev–Trinajstić information content (AvgIpc) is 2.88. The molecule has 0 nitrogen and oxygen atoms in total. The molecule has 21 heavy (non-hydrogen) atoms. The summed E-state index contributed by atoms with van der Waals surface area (Å²) in [5.74, 6) is 1.82. The second-order valence-corrected chi connectivity index (χ2v) is 7.76. The maximum Gasteiger partial charge on any atom is 0.0149 e. The van der Waals surface area contributed by atoms with Crippen molar-refractivity contribution in [3.63, 3.8) is 0 Å². The van der Waals surface area contributed by atoms with E-state index in [-0.39, 0.29) is 0 Å². The fourth-order valence-electron chi connectivity index (χ4n) is 6.90. The summed E-state index contributed by atoms with van der Waals surface area (Å²) in [5, 5.41) is 0. The van der Waals surface area contributed by atoms with Crippen molar-refractivity contribution < 1.29 is 0 Å². The molecule has 106 valence electrons. The van der Waals surface area contributed by atoms with Crippen molar-refractivity contribution in [3.8, 4) is 0 Å². The third kappa shape index (κ3) is 0.950. The van der Waals surface area contributed by atoms with Gasteiger partial charge in [-0.2, -0.15) is 0 Å². The zero-order chi connectivity index (χ0) is 14.3. The summed E-state index contributed by atoms with van der Waals surface area (Å²) in [4.78, 5) is 0. The molecule has 0 saturated heterocycles. The Morgan fingerprint density at radius 1 is 0.667 bits per heavy atom. The highest BCUT2D eigenvalue weighted by Gasteiger charge is 2.96. The maximum absolute atomic E-state index is 2.52. The van der Waals surface area contributed by atoms with Crippen molar-refractivity contribution in [1.29, 1.82) is 0 Å². The van der Waals surface area contributed by atoms with Crippen LogP contribution in [-0.2, 0) is 10.8 Å². The Kier molecular flexibility index (Phi) is 1.96. The summed E-state index contributed by atoms with van der Waals surface area (Å²) in [7, 11) is 0. The molecule has 5 rings (SSSR count). The first-order valence-electron chi connectivity index (χ1n) is 8.30. The molecule has 0 heteroatoms. The van der Waals surface area contributed by atoms with E-state index in [1.54, 1.807) is 11.1 Å². The molecule has 3 aliphatic rings. The lowest BCUT2D eigenvalue weighted by atomic mass is 9.44. The molecule has 2 aromatic rings. The Hall–Kier alpha value is -1.56. The van der Waals surface area contributed by atoms with Gasteiger partial charge in [0.1, 0.15) is 0 Å². The Labute approximate surface area is 127 Å². The zero-order valence-electron chi connectivity index (χ0n) is 12.8. The molecule has 0 spiro atoms. The highest BCUT2D eigenvalue weighted by Crippen LogP contribution is 2.96. The van der Waals surface area contributed by atoms with Gasteiger partial charge < -0.3 is 0 Å². The fourth-order valence-corrected chi connectivity index (χ4v) is 6.90. The highest BCUT2D eigenvalue weighted by atomic mass is 15.0. The number of fused-ring (bicyclic) bond motifs is 4. The summed E-state index contributed by atoms with van der Waals surface area (Å²) in [6.45, 7) is 5.04. The average molecular weight is 274 g/mol. The van der Waals surface area contributed by atoms with Gasteiger partial charge in [-0.3, -0.25) is 0 Å². The zero-order valence-corrected chi connectivity index (χ0v) is 12.8. The molecule has 0 radical (unpaired) electrons. The Balaban J connectivity index is 1.76. The molecule has 0 unspecified atom stereocenters. The predicted octanol–water partition coefficient (Wildman–Crippen LogP) is 4.94. The largest absolute Gasteiger partial charge is 0.0622 e. The van der Waals surface area contributed by atoms with Crippen molar-refractivity contribution in [1.82, 2.24) is 0 Å². The van der Waals surface area contributed by atoms with Gasteiger partial charge in [0.25, 0.3) is 0 Å². The van der Waals surface area contributed by atoms with Crippen LogP contribution < -0.4 is 0 Å². The van der Waals surface area contributed by atoms with E-state index in [4.69, 9.17) is 0 Å². The van der Waals surface area contributed by atoms with Crippen LogP contribution in [0.25, 0.3) is 0 Å². The van der Waals surface area contributed by atoms with Crippen LogP contribution in [0.1, 0.15) is 37.8 Å². The molecular formula is C21H22. The SMILES string of the molecule is CC1(C)[C@]2(c3ccccc3)[C@@H]3CC[C@@H]3[C@]12c1ccccc1. The van der Waals surface area contributed by atoms with Gasteiger partial charge in [-0.25, -0.2) is 0 Å². The topological polar surface area (TPSA) is 0 Å². The molecule has 0 heterocycles. The highest BCUT2D eigenvalue weighted by molar-refractivity contribution is 5.65. The van der Waals surface area contributed by atoms with E-state index in [0.29, 0.717) is 16.2 Å². The number of hydrogen-bond acceptors (Lipinski definition) is 0. The van der Waals surface area contributed by atoms with Crippen molar-refractivity contribution in [2.24, 2.45) is 17.3 Å². The lowest BCUT2D eigenvalue weighted by Crippen LogP contribution is -2.57. The van der Waals surface area contributed by atoms with Crippen molar-refractivity contribution in [2.75, 3.05) is 0 Å². The van der Waals surface area contributed by atoms with Crippen molar-refractivity contribution in [2.45, 2.75) is 37.5 Å². The monoisotopic (exact) mass is 274 g/mol. The predicted molar refractivity (Wildman–Crippen MR) is 86.2 cm³/mol. The molecule has 0 N–H and O–H groups in total. The van der Waals surface area contributed by atoms with E-state index in [9.17, 15) is 0 Å². The molecule has 2 aromatic carbocycles. The van der Waals surface area contributed by atoms with Gasteiger partial charge in [-0.05, 0) is 41.2 Å². The van der Waals surface area contributed by atoms with Crippen LogP contribution in [0.2, 0.25) is 0 Å². The maximum atomic E-state index is 2.52. The quantitative estimate of drug-likeness (QED) is 0.727. The minimum absolute atomic E-state index is 0.383. The minimum Gasteiger partial charge on any atom is -0.0622 e. The smallest absolute Gasteiger partial charge is 0.0149 e. The van der Waals surface area contributed by atoms with Crippen LogP contribution in [-0.4, -0.2) is 0 Å². The minimum atomic E-state index is 0.383. The number of benzene rings is 2. The lowest BCUT2D eigenvalue weighted by Gasteiger charge is -2.59. The Morgan fingerprint density at radius 2 is 1.05 bits per heavy atom. The number of hydrogen-bond donors (Lipinski definition) is 0. The third-order valence-corrected chi connectivity index (χ3v) is 7.38. The van der Waals surface area contributed by atoms with Crippen molar-refractivity contribution in [3.05, 3.63) is 71.8 Å². The van der Waals surface area contributed by atoms with Crippen LogP contribution in [0.3, 0.4) is 0 Å².